The third-order valence-corrected chi connectivity index (χ3v) is 6.30. The number of carbonyl (C=O) groups is 1. The first-order valence-electron chi connectivity index (χ1n) is 10.7. The summed E-state index contributed by atoms with van der Waals surface area (Å²) in [6, 6.07) is 14.4. The number of benzene rings is 2. The van der Waals surface area contributed by atoms with E-state index in [0.717, 1.165) is 43.2 Å². The third kappa shape index (κ3) is 4.42. The van der Waals surface area contributed by atoms with Crippen molar-refractivity contribution in [2.75, 3.05) is 63.9 Å². The van der Waals surface area contributed by atoms with Crippen LogP contribution in [0.5, 0.6) is 11.5 Å². The number of anilines is 2. The summed E-state index contributed by atoms with van der Waals surface area (Å²) in [6.45, 7) is 3.55. The Bertz CT molecular complexity index is 902. The van der Waals surface area contributed by atoms with Crippen molar-refractivity contribution in [3.05, 3.63) is 48.0 Å². The van der Waals surface area contributed by atoms with Crippen LogP contribution in [0.3, 0.4) is 0 Å². The molecule has 1 saturated heterocycles. The van der Waals surface area contributed by atoms with Crippen molar-refractivity contribution in [1.82, 2.24) is 5.32 Å². The average Bonchev–Trinajstić information content (AvgIpc) is 2.83. The summed E-state index contributed by atoms with van der Waals surface area (Å²) in [5, 5.41) is 3.06. The molecule has 166 valence electrons. The fourth-order valence-corrected chi connectivity index (χ4v) is 4.64. The number of piperazine rings is 1. The zero-order valence-electron chi connectivity index (χ0n) is 18.5. The fraction of sp³-hybridized carbons (Fsp3) is 0.458. The van der Waals surface area contributed by atoms with Crippen LogP contribution < -0.4 is 24.6 Å². The monoisotopic (exact) mass is 425 g/mol. The quantitative estimate of drug-likeness (QED) is 0.687. The van der Waals surface area contributed by atoms with Gasteiger partial charge in [-0.25, -0.2) is 0 Å². The van der Waals surface area contributed by atoms with Crippen molar-refractivity contribution in [2.45, 2.75) is 12.5 Å². The molecule has 0 aliphatic carbocycles. The Hall–Kier alpha value is -2.93. The van der Waals surface area contributed by atoms with Gasteiger partial charge in [0, 0.05) is 50.7 Å². The Morgan fingerprint density at radius 3 is 2.48 bits per heavy atom. The van der Waals surface area contributed by atoms with E-state index in [-0.39, 0.29) is 17.9 Å². The highest BCUT2D eigenvalue weighted by Crippen LogP contribution is 2.39. The molecular formula is C24H31N3O4. The summed E-state index contributed by atoms with van der Waals surface area (Å²) in [6.07, 6.45) is 0.718. The maximum Gasteiger partial charge on any atom is 0.225 e. The van der Waals surface area contributed by atoms with Crippen molar-refractivity contribution in [2.24, 2.45) is 5.92 Å². The van der Waals surface area contributed by atoms with Crippen LogP contribution in [0.1, 0.15) is 5.56 Å². The first-order chi connectivity index (χ1) is 15.1. The minimum absolute atomic E-state index is 0.0815. The van der Waals surface area contributed by atoms with Gasteiger partial charge in [-0.05, 0) is 42.3 Å². The van der Waals surface area contributed by atoms with Crippen molar-refractivity contribution < 1.29 is 19.0 Å². The fourth-order valence-electron chi connectivity index (χ4n) is 4.64. The number of rotatable bonds is 7. The van der Waals surface area contributed by atoms with E-state index in [4.69, 9.17) is 14.2 Å². The van der Waals surface area contributed by atoms with Gasteiger partial charge in [0.15, 0.2) is 0 Å². The molecule has 1 N–H and O–H groups in total. The number of methoxy groups -OCH3 is 3. The summed E-state index contributed by atoms with van der Waals surface area (Å²) in [4.78, 5) is 17.9. The van der Waals surface area contributed by atoms with E-state index < -0.39 is 0 Å². The number of carbonyl (C=O) groups excluding carboxylic acids is 1. The Kier molecular flexibility index (Phi) is 6.51. The molecule has 0 bridgehead atoms. The lowest BCUT2D eigenvalue weighted by molar-refractivity contribution is -0.126. The van der Waals surface area contributed by atoms with Gasteiger partial charge >= 0.3 is 0 Å². The van der Waals surface area contributed by atoms with Crippen molar-refractivity contribution in [1.29, 1.82) is 0 Å². The molecule has 2 heterocycles. The van der Waals surface area contributed by atoms with Gasteiger partial charge in [-0.3, -0.25) is 4.79 Å². The summed E-state index contributed by atoms with van der Waals surface area (Å²) in [7, 11) is 5.01. The highest BCUT2D eigenvalue weighted by molar-refractivity contribution is 5.82. The molecule has 0 spiro atoms. The van der Waals surface area contributed by atoms with E-state index in [1.54, 1.807) is 21.3 Å². The van der Waals surface area contributed by atoms with Crippen molar-refractivity contribution >= 4 is 17.3 Å². The van der Waals surface area contributed by atoms with Crippen LogP contribution in [0.15, 0.2) is 42.5 Å². The molecule has 2 aliphatic rings. The Labute approximate surface area is 183 Å². The topological polar surface area (TPSA) is 63.3 Å². The molecule has 0 saturated carbocycles. The number of fused-ring (bicyclic) bond motifs is 3. The second-order valence-electron chi connectivity index (χ2n) is 7.99. The molecule has 0 unspecified atom stereocenters. The second-order valence-corrected chi connectivity index (χ2v) is 7.99. The van der Waals surface area contributed by atoms with E-state index in [1.165, 1.54) is 11.3 Å². The zero-order valence-corrected chi connectivity index (χ0v) is 18.5. The van der Waals surface area contributed by atoms with Crippen LogP contribution in [0.25, 0.3) is 0 Å². The van der Waals surface area contributed by atoms with Gasteiger partial charge in [-0.1, -0.05) is 6.07 Å². The van der Waals surface area contributed by atoms with Crippen LogP contribution >= 0.6 is 0 Å². The van der Waals surface area contributed by atoms with E-state index in [1.807, 2.05) is 18.2 Å². The van der Waals surface area contributed by atoms with Crippen LogP contribution in [0.2, 0.25) is 0 Å². The number of amides is 1. The number of nitrogens with one attached hydrogen (secondary N) is 1. The lowest BCUT2D eigenvalue weighted by Gasteiger charge is -2.49. The molecule has 2 aliphatic heterocycles. The Morgan fingerprint density at radius 1 is 1.03 bits per heavy atom. The van der Waals surface area contributed by atoms with Gasteiger partial charge in [-0.15, -0.1) is 0 Å². The largest absolute Gasteiger partial charge is 0.497 e. The van der Waals surface area contributed by atoms with E-state index >= 15 is 0 Å². The minimum Gasteiger partial charge on any atom is -0.497 e. The predicted octanol–water partition coefficient (Wildman–Crippen LogP) is 2.33. The second kappa shape index (κ2) is 9.47. The predicted molar refractivity (Wildman–Crippen MR) is 121 cm³/mol. The van der Waals surface area contributed by atoms with E-state index in [2.05, 4.69) is 39.4 Å². The smallest absolute Gasteiger partial charge is 0.225 e. The van der Waals surface area contributed by atoms with Gasteiger partial charge in [0.05, 0.1) is 32.8 Å². The van der Waals surface area contributed by atoms with Crippen LogP contribution in [-0.4, -0.2) is 66.1 Å². The highest BCUT2D eigenvalue weighted by Gasteiger charge is 2.41. The molecule has 0 radical (unpaired) electrons. The van der Waals surface area contributed by atoms with Gasteiger partial charge in [0.25, 0.3) is 0 Å². The molecular weight excluding hydrogens is 394 g/mol. The molecule has 1 fully saturated rings. The molecule has 2 atom stereocenters. The number of ether oxygens (including phenoxy) is 3. The average molecular weight is 426 g/mol. The van der Waals surface area contributed by atoms with Gasteiger partial charge in [-0.2, -0.15) is 0 Å². The molecule has 31 heavy (non-hydrogen) atoms. The normalized spacial score (nSPS) is 20.0. The molecule has 4 rings (SSSR count). The number of hydrogen-bond donors (Lipinski definition) is 1. The summed E-state index contributed by atoms with van der Waals surface area (Å²) in [5.41, 5.74) is 3.52. The van der Waals surface area contributed by atoms with Crippen LogP contribution in [0.4, 0.5) is 11.4 Å². The van der Waals surface area contributed by atoms with Crippen LogP contribution in [0, 0.1) is 5.92 Å². The van der Waals surface area contributed by atoms with Crippen molar-refractivity contribution in [3.63, 3.8) is 0 Å². The zero-order chi connectivity index (χ0) is 21.8. The maximum atomic E-state index is 13.1. The first-order valence-corrected chi connectivity index (χ1v) is 10.7. The number of hydrogen-bond acceptors (Lipinski definition) is 6. The first kappa shape index (κ1) is 21.3. The Morgan fingerprint density at radius 2 is 1.77 bits per heavy atom. The van der Waals surface area contributed by atoms with Crippen LogP contribution in [-0.2, 0) is 16.0 Å². The summed E-state index contributed by atoms with van der Waals surface area (Å²) >= 11 is 0. The lowest BCUT2D eigenvalue weighted by atomic mass is 9.83. The molecule has 1 amide bonds. The lowest BCUT2D eigenvalue weighted by Crippen LogP contribution is -2.61. The van der Waals surface area contributed by atoms with Gasteiger partial charge < -0.3 is 29.3 Å². The Balaban J connectivity index is 1.61. The molecule has 7 heteroatoms. The summed E-state index contributed by atoms with van der Waals surface area (Å²) in [5.74, 6) is 1.65. The minimum atomic E-state index is -0.126. The third-order valence-electron chi connectivity index (χ3n) is 6.30. The molecule has 0 aromatic heterocycles. The molecule has 7 nitrogen and oxygen atoms in total. The standard InChI is InChI=1S/C24H31N3O4/c1-29-13-10-25-24(28)21-14-17-4-7-20(31-3)15-22(17)27-12-11-26(16-23(21)27)18-5-8-19(30-2)9-6-18/h4-9,15,21,23H,10-14,16H2,1-3H3,(H,25,28)/t21-,23+/m1/s1. The SMILES string of the molecule is COCCNC(=O)[C@@H]1Cc2ccc(OC)cc2N2CCN(c3ccc(OC)cc3)C[C@@H]12. The molecule has 2 aromatic rings. The van der Waals surface area contributed by atoms with Crippen molar-refractivity contribution in [3.8, 4) is 11.5 Å². The highest BCUT2D eigenvalue weighted by atomic mass is 16.5. The molecule has 2 aromatic carbocycles. The number of nitrogens with zero attached hydrogens (tertiary/aromatic N) is 2. The van der Waals surface area contributed by atoms with Gasteiger partial charge in [0.1, 0.15) is 11.5 Å². The maximum absolute atomic E-state index is 13.1. The van der Waals surface area contributed by atoms with Gasteiger partial charge in [0.2, 0.25) is 5.91 Å². The van der Waals surface area contributed by atoms with E-state index in [9.17, 15) is 4.79 Å². The van der Waals surface area contributed by atoms with E-state index in [0.29, 0.717) is 13.2 Å². The summed E-state index contributed by atoms with van der Waals surface area (Å²) < 4.78 is 15.9.